The van der Waals surface area contributed by atoms with Gasteiger partial charge in [-0.25, -0.2) is 33.7 Å². The molecule has 0 fully saturated rings. The van der Waals surface area contributed by atoms with Crippen molar-refractivity contribution in [1.82, 2.24) is 24.9 Å². The second-order valence-corrected chi connectivity index (χ2v) is 10.1. The quantitative estimate of drug-likeness (QED) is 0.198. The van der Waals surface area contributed by atoms with E-state index in [1.165, 1.54) is 24.3 Å². The number of hydrogen-bond donors (Lipinski definition) is 0. The molecule has 0 N–H and O–H groups in total. The van der Waals surface area contributed by atoms with Gasteiger partial charge in [-0.1, -0.05) is 78.9 Å². The molecule has 5 aromatic carbocycles. The third-order valence-corrected chi connectivity index (χ3v) is 7.08. The summed E-state index contributed by atoms with van der Waals surface area (Å²) in [5.41, 5.74) is 6.32. The van der Waals surface area contributed by atoms with Crippen LogP contribution >= 0.6 is 0 Å². The van der Waals surface area contributed by atoms with Gasteiger partial charge in [0, 0.05) is 33.4 Å². The van der Waals surface area contributed by atoms with E-state index in [9.17, 15) is 8.78 Å². The first kappa shape index (κ1) is 26.9. The van der Waals surface area contributed by atoms with Crippen molar-refractivity contribution in [3.8, 4) is 68.1 Å². The highest BCUT2D eigenvalue weighted by Gasteiger charge is 2.15. The fraction of sp³-hybridized carbons (Fsp3) is 0. The molecule has 0 saturated carbocycles. The lowest BCUT2D eigenvalue weighted by Gasteiger charge is -2.11. The van der Waals surface area contributed by atoms with Crippen LogP contribution in [0.4, 0.5) is 8.78 Å². The van der Waals surface area contributed by atoms with Crippen LogP contribution < -0.4 is 0 Å². The molecule has 2 heterocycles. The van der Waals surface area contributed by atoms with Crippen molar-refractivity contribution < 1.29 is 8.78 Å². The van der Waals surface area contributed by atoms with Gasteiger partial charge in [-0.05, 0) is 60.7 Å². The van der Waals surface area contributed by atoms with Gasteiger partial charge in [-0.3, -0.25) is 0 Å². The van der Waals surface area contributed by atoms with Crippen molar-refractivity contribution in [1.29, 1.82) is 0 Å². The Labute approximate surface area is 252 Å². The van der Waals surface area contributed by atoms with Crippen LogP contribution in [0, 0.1) is 11.6 Å². The first-order chi connectivity index (χ1) is 21.6. The molecule has 0 aliphatic rings. The van der Waals surface area contributed by atoms with Gasteiger partial charge in [-0.15, -0.1) is 0 Å². The SMILES string of the molecule is Fc1ccc(-c2nc(-c3ccc(F)cc3)nc(-c3cccc(-c4nc(-c5ccccc5)cc(-c5ccccc5)n4)c3)n2)cc1. The van der Waals surface area contributed by atoms with E-state index in [0.717, 1.165) is 28.1 Å². The van der Waals surface area contributed by atoms with Gasteiger partial charge in [0.2, 0.25) is 0 Å². The van der Waals surface area contributed by atoms with E-state index in [4.69, 9.17) is 19.9 Å². The number of rotatable bonds is 6. The van der Waals surface area contributed by atoms with Crippen LogP contribution in [0.3, 0.4) is 0 Å². The normalized spacial score (nSPS) is 11.0. The zero-order valence-corrected chi connectivity index (χ0v) is 23.3. The van der Waals surface area contributed by atoms with Crippen molar-refractivity contribution in [2.24, 2.45) is 0 Å². The van der Waals surface area contributed by atoms with Gasteiger partial charge < -0.3 is 0 Å². The Kier molecular flexibility index (Phi) is 7.18. The summed E-state index contributed by atoms with van der Waals surface area (Å²) in [6.07, 6.45) is 0. The fourth-order valence-corrected chi connectivity index (χ4v) is 4.85. The van der Waals surface area contributed by atoms with Crippen LogP contribution in [0.2, 0.25) is 0 Å². The maximum Gasteiger partial charge on any atom is 0.164 e. The predicted molar refractivity (Wildman–Crippen MR) is 168 cm³/mol. The maximum absolute atomic E-state index is 13.7. The van der Waals surface area contributed by atoms with E-state index in [-0.39, 0.29) is 11.6 Å². The van der Waals surface area contributed by atoms with E-state index < -0.39 is 0 Å². The van der Waals surface area contributed by atoms with Crippen LogP contribution in [-0.2, 0) is 0 Å². The smallest absolute Gasteiger partial charge is 0.164 e. The fourth-order valence-electron chi connectivity index (χ4n) is 4.85. The summed E-state index contributed by atoms with van der Waals surface area (Å²) >= 11 is 0. The van der Waals surface area contributed by atoms with Gasteiger partial charge in [0.25, 0.3) is 0 Å². The predicted octanol–water partition coefficient (Wildman–Crippen LogP) is 8.94. The van der Waals surface area contributed by atoms with Crippen molar-refractivity contribution in [2.45, 2.75) is 0 Å². The van der Waals surface area contributed by atoms with Crippen molar-refractivity contribution >= 4 is 0 Å². The molecule has 44 heavy (non-hydrogen) atoms. The number of aromatic nitrogens is 5. The number of nitrogens with zero attached hydrogens (tertiary/aromatic N) is 5. The van der Waals surface area contributed by atoms with E-state index in [1.807, 2.05) is 91.0 Å². The molecule has 7 heteroatoms. The zero-order chi connectivity index (χ0) is 29.9. The van der Waals surface area contributed by atoms with E-state index >= 15 is 0 Å². The highest BCUT2D eigenvalue weighted by molar-refractivity contribution is 5.74. The Balaban J connectivity index is 1.37. The maximum atomic E-state index is 13.7. The lowest BCUT2D eigenvalue weighted by molar-refractivity contribution is 0.627. The van der Waals surface area contributed by atoms with Crippen LogP contribution in [0.15, 0.2) is 140 Å². The molecule has 0 aliphatic heterocycles. The molecular weight excluding hydrogens is 552 g/mol. The minimum absolute atomic E-state index is 0.359. The summed E-state index contributed by atoms with van der Waals surface area (Å²) in [6, 6.07) is 41.6. The van der Waals surface area contributed by atoms with E-state index in [0.29, 0.717) is 40.0 Å². The molecule has 7 aromatic rings. The highest BCUT2D eigenvalue weighted by Crippen LogP contribution is 2.30. The van der Waals surface area contributed by atoms with Gasteiger partial charge in [0.05, 0.1) is 11.4 Å². The molecule has 0 atom stereocenters. The average molecular weight is 576 g/mol. The molecule has 0 bridgehead atoms. The minimum Gasteiger partial charge on any atom is -0.228 e. The summed E-state index contributed by atoms with van der Waals surface area (Å²) in [5.74, 6) is 0.979. The standard InChI is InChI=1S/C37H23F2N5/c38-30-18-14-26(15-19-30)34-42-35(27-16-20-31(39)21-17-27)44-37(43-34)29-13-7-12-28(22-29)36-40-32(24-8-3-1-4-9-24)23-33(41-36)25-10-5-2-6-11-25/h1-23H. The molecule has 5 nitrogen and oxygen atoms in total. The second kappa shape index (κ2) is 11.7. The molecule has 7 rings (SSSR count). The third kappa shape index (κ3) is 5.71. The zero-order valence-electron chi connectivity index (χ0n) is 23.3. The van der Waals surface area contributed by atoms with E-state index in [2.05, 4.69) is 4.98 Å². The second-order valence-electron chi connectivity index (χ2n) is 10.1. The summed E-state index contributed by atoms with van der Waals surface area (Å²) < 4.78 is 27.4. The number of benzene rings is 5. The Morgan fingerprint density at radius 1 is 0.295 bits per heavy atom. The minimum atomic E-state index is -0.359. The molecule has 2 aromatic heterocycles. The third-order valence-electron chi connectivity index (χ3n) is 7.08. The van der Waals surface area contributed by atoms with E-state index in [1.54, 1.807) is 24.3 Å². The summed E-state index contributed by atoms with van der Waals surface area (Å²) in [6.45, 7) is 0. The summed E-state index contributed by atoms with van der Waals surface area (Å²) in [4.78, 5) is 24.0. The molecule has 0 spiro atoms. The first-order valence-electron chi connectivity index (χ1n) is 14.0. The summed E-state index contributed by atoms with van der Waals surface area (Å²) in [5, 5.41) is 0. The molecule has 210 valence electrons. The first-order valence-corrected chi connectivity index (χ1v) is 14.0. The lowest BCUT2D eigenvalue weighted by Crippen LogP contribution is -2.01. The largest absolute Gasteiger partial charge is 0.228 e. The average Bonchev–Trinajstić information content (AvgIpc) is 3.09. The van der Waals surface area contributed by atoms with Crippen LogP contribution in [0.5, 0.6) is 0 Å². The molecule has 0 saturated heterocycles. The van der Waals surface area contributed by atoms with Gasteiger partial charge >= 0.3 is 0 Å². The molecule has 0 unspecified atom stereocenters. The highest BCUT2D eigenvalue weighted by atomic mass is 19.1. The molecule has 0 aliphatic carbocycles. The van der Waals surface area contributed by atoms with Crippen LogP contribution in [0.25, 0.3) is 68.1 Å². The monoisotopic (exact) mass is 575 g/mol. The molecular formula is C37H23F2N5. The van der Waals surface area contributed by atoms with Crippen molar-refractivity contribution in [3.05, 3.63) is 151 Å². The Morgan fingerprint density at radius 2 is 0.659 bits per heavy atom. The lowest BCUT2D eigenvalue weighted by atomic mass is 10.1. The van der Waals surface area contributed by atoms with Crippen LogP contribution in [0.1, 0.15) is 0 Å². The number of hydrogen-bond acceptors (Lipinski definition) is 5. The Morgan fingerprint density at radius 3 is 1.09 bits per heavy atom. The topological polar surface area (TPSA) is 64.5 Å². The van der Waals surface area contributed by atoms with Gasteiger partial charge in [0.15, 0.2) is 23.3 Å². The van der Waals surface area contributed by atoms with Gasteiger partial charge in [-0.2, -0.15) is 0 Å². The summed E-state index contributed by atoms with van der Waals surface area (Å²) in [7, 11) is 0. The van der Waals surface area contributed by atoms with Crippen molar-refractivity contribution in [2.75, 3.05) is 0 Å². The Hall–Kier alpha value is -5.95. The molecule has 0 amide bonds. The van der Waals surface area contributed by atoms with Gasteiger partial charge in [0.1, 0.15) is 11.6 Å². The van der Waals surface area contributed by atoms with Crippen molar-refractivity contribution in [3.63, 3.8) is 0 Å². The molecule has 0 radical (unpaired) electrons. The number of halogens is 2. The Bertz CT molecular complexity index is 1940. The van der Waals surface area contributed by atoms with Crippen LogP contribution in [-0.4, -0.2) is 24.9 Å².